The Morgan fingerprint density at radius 2 is 2.47 bits per heavy atom. The number of piperazine rings is 1. The van der Waals surface area contributed by atoms with Gasteiger partial charge in [0.25, 0.3) is 0 Å². The Labute approximate surface area is 96.0 Å². The molecule has 15 heavy (non-hydrogen) atoms. The third-order valence-corrected chi connectivity index (χ3v) is 3.56. The number of nitrogens with two attached hydrogens (primary N) is 1. The molecule has 0 amide bonds. The Bertz CT molecular complexity index is 201. The van der Waals surface area contributed by atoms with Gasteiger partial charge in [-0.2, -0.15) is 0 Å². The van der Waals surface area contributed by atoms with E-state index in [0.717, 1.165) is 44.9 Å². The van der Waals surface area contributed by atoms with E-state index in [1.807, 2.05) is 0 Å². The van der Waals surface area contributed by atoms with Crippen molar-refractivity contribution in [2.45, 2.75) is 19.4 Å². The first-order valence-electron chi connectivity index (χ1n) is 5.52. The number of nitrogens with one attached hydrogen (secondary N) is 1. The highest BCUT2D eigenvalue weighted by Crippen LogP contribution is 2.11. The van der Waals surface area contributed by atoms with Crippen LogP contribution in [0.5, 0.6) is 0 Å². The van der Waals surface area contributed by atoms with Crippen molar-refractivity contribution < 1.29 is 4.79 Å². The van der Waals surface area contributed by atoms with Crippen molar-refractivity contribution in [3.05, 3.63) is 0 Å². The largest absolute Gasteiger partial charge is 0.330 e. The second-order valence-electron chi connectivity index (χ2n) is 3.84. The van der Waals surface area contributed by atoms with Crippen LogP contribution in [0.3, 0.4) is 0 Å². The third-order valence-electron chi connectivity index (χ3n) is 2.60. The van der Waals surface area contributed by atoms with Crippen molar-refractivity contribution in [3.8, 4) is 0 Å². The zero-order valence-electron chi connectivity index (χ0n) is 9.37. The highest BCUT2D eigenvalue weighted by molar-refractivity contribution is 8.13. The molecule has 0 bridgehead atoms. The first-order valence-corrected chi connectivity index (χ1v) is 6.51. The summed E-state index contributed by atoms with van der Waals surface area (Å²) in [4.78, 5) is 13.4. The zero-order chi connectivity index (χ0) is 11.1. The van der Waals surface area contributed by atoms with Gasteiger partial charge < -0.3 is 11.1 Å². The summed E-state index contributed by atoms with van der Waals surface area (Å²) in [6, 6.07) is 0.485. The Balaban J connectivity index is 2.32. The molecule has 5 heteroatoms. The standard InChI is InChI=1S/C10H21N3OS/c1-9(14)15-8-10-7-12-4-6-13(10)5-2-3-11/h10,12H,2-8,11H2,1H3. The fourth-order valence-electron chi connectivity index (χ4n) is 1.77. The van der Waals surface area contributed by atoms with Crippen molar-refractivity contribution in [1.82, 2.24) is 10.2 Å². The first kappa shape index (κ1) is 13.0. The number of thioether (sulfide) groups is 1. The summed E-state index contributed by atoms with van der Waals surface area (Å²) < 4.78 is 0. The molecule has 0 aromatic carbocycles. The topological polar surface area (TPSA) is 58.4 Å². The SMILES string of the molecule is CC(=O)SCC1CNCCN1CCCN. The second kappa shape index (κ2) is 7.22. The molecule has 1 fully saturated rings. The van der Waals surface area contributed by atoms with E-state index in [1.54, 1.807) is 6.92 Å². The lowest BCUT2D eigenvalue weighted by molar-refractivity contribution is -0.109. The van der Waals surface area contributed by atoms with Gasteiger partial charge in [-0.05, 0) is 19.5 Å². The number of carbonyl (C=O) groups excluding carboxylic acids is 1. The highest BCUT2D eigenvalue weighted by atomic mass is 32.2. The molecule has 0 spiro atoms. The molecule has 1 aliphatic heterocycles. The molecule has 1 rings (SSSR count). The van der Waals surface area contributed by atoms with Gasteiger partial charge in [0.1, 0.15) is 0 Å². The summed E-state index contributed by atoms with van der Waals surface area (Å²) >= 11 is 1.42. The van der Waals surface area contributed by atoms with E-state index in [4.69, 9.17) is 5.73 Å². The second-order valence-corrected chi connectivity index (χ2v) is 5.04. The Morgan fingerprint density at radius 3 is 3.13 bits per heavy atom. The van der Waals surface area contributed by atoms with Gasteiger partial charge in [0.05, 0.1) is 0 Å². The van der Waals surface area contributed by atoms with Crippen LogP contribution in [-0.4, -0.2) is 54.5 Å². The van der Waals surface area contributed by atoms with E-state index >= 15 is 0 Å². The van der Waals surface area contributed by atoms with E-state index in [0.29, 0.717) is 6.04 Å². The van der Waals surface area contributed by atoms with Crippen LogP contribution in [0.1, 0.15) is 13.3 Å². The maximum absolute atomic E-state index is 10.9. The summed E-state index contributed by atoms with van der Waals surface area (Å²) in [6.07, 6.45) is 1.04. The molecule has 88 valence electrons. The lowest BCUT2D eigenvalue weighted by Crippen LogP contribution is -2.52. The molecule has 3 N–H and O–H groups in total. The average molecular weight is 231 g/mol. The van der Waals surface area contributed by atoms with E-state index < -0.39 is 0 Å². The van der Waals surface area contributed by atoms with Crippen molar-refractivity contribution in [2.75, 3.05) is 38.5 Å². The molecule has 1 saturated heterocycles. The monoisotopic (exact) mass is 231 g/mol. The van der Waals surface area contributed by atoms with Crippen LogP contribution in [0.15, 0.2) is 0 Å². The van der Waals surface area contributed by atoms with Gasteiger partial charge in [-0.1, -0.05) is 11.8 Å². The van der Waals surface area contributed by atoms with Crippen LogP contribution in [0, 0.1) is 0 Å². The number of nitrogens with zero attached hydrogens (tertiary/aromatic N) is 1. The predicted molar refractivity (Wildman–Crippen MR) is 65.0 cm³/mol. The molecule has 0 radical (unpaired) electrons. The normalized spacial score (nSPS) is 22.9. The summed E-state index contributed by atoms with van der Waals surface area (Å²) in [5, 5.41) is 3.58. The molecule has 1 aliphatic rings. The maximum atomic E-state index is 10.9. The van der Waals surface area contributed by atoms with Crippen molar-refractivity contribution >= 4 is 16.9 Å². The van der Waals surface area contributed by atoms with Gasteiger partial charge in [0.2, 0.25) is 0 Å². The quantitative estimate of drug-likeness (QED) is 0.691. The molecular formula is C10H21N3OS. The Kier molecular flexibility index (Phi) is 6.24. The Morgan fingerprint density at radius 1 is 1.67 bits per heavy atom. The number of carbonyl (C=O) groups is 1. The van der Waals surface area contributed by atoms with Gasteiger partial charge in [-0.15, -0.1) is 0 Å². The first-order chi connectivity index (χ1) is 7.24. The number of rotatable bonds is 5. The molecule has 0 aromatic rings. The van der Waals surface area contributed by atoms with Crippen LogP contribution in [0.4, 0.5) is 0 Å². The molecular weight excluding hydrogens is 210 g/mol. The lowest BCUT2D eigenvalue weighted by Gasteiger charge is -2.35. The Hall–Kier alpha value is -0.100. The molecule has 1 heterocycles. The van der Waals surface area contributed by atoms with Crippen LogP contribution in [-0.2, 0) is 4.79 Å². The smallest absolute Gasteiger partial charge is 0.185 e. The minimum Gasteiger partial charge on any atom is -0.330 e. The summed E-state index contributed by atoms with van der Waals surface area (Å²) in [6.45, 7) is 6.54. The van der Waals surface area contributed by atoms with Gasteiger partial charge >= 0.3 is 0 Å². The van der Waals surface area contributed by atoms with Gasteiger partial charge in [0.15, 0.2) is 5.12 Å². The molecule has 4 nitrogen and oxygen atoms in total. The van der Waals surface area contributed by atoms with Gasteiger partial charge in [-0.3, -0.25) is 9.69 Å². The highest BCUT2D eigenvalue weighted by Gasteiger charge is 2.21. The molecule has 0 saturated carbocycles. The van der Waals surface area contributed by atoms with E-state index in [2.05, 4.69) is 10.2 Å². The van der Waals surface area contributed by atoms with Crippen molar-refractivity contribution in [1.29, 1.82) is 0 Å². The fraction of sp³-hybridized carbons (Fsp3) is 0.900. The van der Waals surface area contributed by atoms with Gasteiger partial charge in [-0.25, -0.2) is 0 Å². The lowest BCUT2D eigenvalue weighted by atomic mass is 10.2. The van der Waals surface area contributed by atoms with E-state index in [1.165, 1.54) is 11.8 Å². The minimum absolute atomic E-state index is 0.208. The van der Waals surface area contributed by atoms with E-state index in [9.17, 15) is 4.79 Å². The summed E-state index contributed by atoms with van der Waals surface area (Å²) in [5.41, 5.74) is 5.51. The molecule has 1 atom stereocenters. The molecule has 0 aromatic heterocycles. The van der Waals surface area contributed by atoms with Crippen molar-refractivity contribution in [3.63, 3.8) is 0 Å². The van der Waals surface area contributed by atoms with Crippen LogP contribution in [0.2, 0.25) is 0 Å². The fourth-order valence-corrected chi connectivity index (χ4v) is 2.53. The summed E-state index contributed by atoms with van der Waals surface area (Å²) in [7, 11) is 0. The summed E-state index contributed by atoms with van der Waals surface area (Å²) in [5.74, 6) is 0.896. The van der Waals surface area contributed by atoms with Gasteiger partial charge in [0, 0.05) is 38.4 Å². The molecule has 0 aliphatic carbocycles. The number of hydrogen-bond acceptors (Lipinski definition) is 5. The molecule has 1 unspecified atom stereocenters. The van der Waals surface area contributed by atoms with E-state index in [-0.39, 0.29) is 5.12 Å². The predicted octanol–water partition coefficient (Wildman–Crippen LogP) is -0.111. The maximum Gasteiger partial charge on any atom is 0.185 e. The van der Waals surface area contributed by atoms with Crippen molar-refractivity contribution in [2.24, 2.45) is 5.73 Å². The van der Waals surface area contributed by atoms with Crippen LogP contribution >= 0.6 is 11.8 Å². The number of hydrogen-bond donors (Lipinski definition) is 2. The average Bonchev–Trinajstić information content (AvgIpc) is 2.24. The van der Waals surface area contributed by atoms with Crippen LogP contribution < -0.4 is 11.1 Å². The zero-order valence-corrected chi connectivity index (χ0v) is 10.2. The third kappa shape index (κ3) is 4.97. The van der Waals surface area contributed by atoms with Crippen LogP contribution in [0.25, 0.3) is 0 Å². The minimum atomic E-state index is 0.208.